The van der Waals surface area contributed by atoms with Crippen LogP contribution < -0.4 is 5.32 Å². The van der Waals surface area contributed by atoms with Crippen LogP contribution in [0.5, 0.6) is 5.75 Å². The van der Waals surface area contributed by atoms with Gasteiger partial charge in [-0.3, -0.25) is 4.79 Å². The Bertz CT molecular complexity index is 751. The molecule has 0 fully saturated rings. The van der Waals surface area contributed by atoms with Crippen LogP contribution in [0.25, 0.3) is 0 Å². The van der Waals surface area contributed by atoms with Crippen molar-refractivity contribution in [2.24, 2.45) is 0 Å². The maximum Gasteiger partial charge on any atom is 0.254 e. The first kappa shape index (κ1) is 21.9. The van der Waals surface area contributed by atoms with E-state index in [2.05, 4.69) is 10.1 Å². The molecule has 26 heavy (non-hydrogen) atoms. The van der Waals surface area contributed by atoms with Gasteiger partial charge in [-0.05, 0) is 36.2 Å². The molecule has 8 heteroatoms. The number of nitrogens with one attached hydrogen (secondary N) is 1. The zero-order valence-corrected chi connectivity index (χ0v) is 15.6. The average molecular weight is 402 g/mol. The number of carbonyl (C=O) groups is 2. The number of carbonyl (C=O) groups excluding carboxylic acids is 2. The number of halogens is 3. The zero-order chi connectivity index (χ0) is 19.7. The number of aromatic hydroxyl groups is 1. The highest BCUT2D eigenvalue weighted by Gasteiger charge is 2.19. The van der Waals surface area contributed by atoms with Crippen molar-refractivity contribution in [3.05, 3.63) is 63.4 Å². The number of amides is 1. The molecule has 140 valence electrons. The van der Waals surface area contributed by atoms with Crippen molar-refractivity contribution in [3.8, 4) is 5.75 Å². The van der Waals surface area contributed by atoms with E-state index >= 15 is 0 Å². The molecule has 0 saturated carbocycles. The summed E-state index contributed by atoms with van der Waals surface area (Å²) in [6, 6.07) is 7.46. The third kappa shape index (κ3) is 6.29. The Balaban J connectivity index is 0.00000105. The summed E-state index contributed by atoms with van der Waals surface area (Å²) in [7, 11) is 3.25. The Morgan fingerprint density at radius 3 is 2.35 bits per heavy atom. The van der Waals surface area contributed by atoms with E-state index in [1.54, 1.807) is 20.3 Å². The van der Waals surface area contributed by atoms with E-state index in [9.17, 15) is 14.0 Å². The summed E-state index contributed by atoms with van der Waals surface area (Å²) in [6.45, 7) is 0. The topological polar surface area (TPSA) is 75.6 Å². The van der Waals surface area contributed by atoms with Gasteiger partial charge in [-0.25, -0.2) is 4.39 Å². The molecule has 2 aromatic carbocycles. The fourth-order valence-corrected chi connectivity index (χ4v) is 2.59. The highest BCUT2D eigenvalue weighted by molar-refractivity contribution is 6.39. The van der Waals surface area contributed by atoms with Gasteiger partial charge in [-0.15, -0.1) is 0 Å². The first-order valence-electron chi connectivity index (χ1n) is 7.41. The summed E-state index contributed by atoms with van der Waals surface area (Å²) in [6.07, 6.45) is 0.599. The van der Waals surface area contributed by atoms with Gasteiger partial charge in [0.25, 0.3) is 5.91 Å². The van der Waals surface area contributed by atoms with Crippen LogP contribution in [0.1, 0.15) is 15.9 Å². The normalized spacial score (nSPS) is 11.1. The Morgan fingerprint density at radius 1 is 1.27 bits per heavy atom. The molecular formula is C18H18Cl2FNO4. The SMILES string of the molecule is COC.O=CC(Cc1ccc(O)c(F)c1)NC(=O)c1c(Cl)cccc1Cl. The van der Waals surface area contributed by atoms with Crippen LogP contribution in [-0.2, 0) is 16.0 Å². The van der Waals surface area contributed by atoms with E-state index in [1.807, 2.05) is 0 Å². The second-order valence-corrected chi connectivity index (χ2v) is 6.03. The number of hydrogen-bond acceptors (Lipinski definition) is 4. The van der Waals surface area contributed by atoms with Crippen LogP contribution in [0.3, 0.4) is 0 Å². The predicted octanol–water partition coefficient (Wildman–Crippen LogP) is 3.64. The zero-order valence-electron chi connectivity index (χ0n) is 14.1. The minimum Gasteiger partial charge on any atom is -0.505 e. The van der Waals surface area contributed by atoms with Crippen molar-refractivity contribution in [3.63, 3.8) is 0 Å². The summed E-state index contributed by atoms with van der Waals surface area (Å²) >= 11 is 11.9. The summed E-state index contributed by atoms with van der Waals surface area (Å²) in [4.78, 5) is 23.4. The van der Waals surface area contributed by atoms with Gasteiger partial charge < -0.3 is 20.0 Å². The maximum atomic E-state index is 13.3. The van der Waals surface area contributed by atoms with Gasteiger partial charge in [0.15, 0.2) is 11.6 Å². The van der Waals surface area contributed by atoms with Gasteiger partial charge in [0.1, 0.15) is 6.29 Å². The fourth-order valence-electron chi connectivity index (χ4n) is 2.02. The van der Waals surface area contributed by atoms with Gasteiger partial charge in [-0.1, -0.05) is 35.3 Å². The molecule has 0 heterocycles. The van der Waals surface area contributed by atoms with Gasteiger partial charge in [0, 0.05) is 14.2 Å². The molecule has 0 saturated heterocycles. The van der Waals surface area contributed by atoms with Crippen molar-refractivity contribution < 1.29 is 23.8 Å². The number of hydrogen-bond donors (Lipinski definition) is 2. The van der Waals surface area contributed by atoms with Crippen LogP contribution in [0.4, 0.5) is 4.39 Å². The first-order valence-corrected chi connectivity index (χ1v) is 8.17. The molecule has 2 aromatic rings. The monoisotopic (exact) mass is 401 g/mol. The van der Waals surface area contributed by atoms with E-state index in [-0.39, 0.29) is 22.0 Å². The number of ether oxygens (including phenoxy) is 1. The number of benzene rings is 2. The molecule has 0 aliphatic heterocycles. The van der Waals surface area contributed by atoms with Gasteiger partial charge in [0.05, 0.1) is 21.7 Å². The number of aldehydes is 1. The van der Waals surface area contributed by atoms with Crippen LogP contribution >= 0.6 is 23.2 Å². The van der Waals surface area contributed by atoms with Crippen molar-refractivity contribution in [2.75, 3.05) is 14.2 Å². The number of phenols is 1. The molecule has 2 N–H and O–H groups in total. The smallest absolute Gasteiger partial charge is 0.254 e. The molecule has 0 aliphatic rings. The molecule has 5 nitrogen and oxygen atoms in total. The molecule has 1 amide bonds. The van der Waals surface area contributed by atoms with Gasteiger partial charge >= 0.3 is 0 Å². The Kier molecular flexibility index (Phi) is 9.05. The lowest BCUT2D eigenvalue weighted by Gasteiger charge is -2.14. The van der Waals surface area contributed by atoms with Crippen molar-refractivity contribution in [2.45, 2.75) is 12.5 Å². The van der Waals surface area contributed by atoms with Crippen LogP contribution in [0, 0.1) is 5.82 Å². The van der Waals surface area contributed by atoms with E-state index < -0.39 is 23.5 Å². The maximum absolute atomic E-state index is 13.3. The molecule has 0 aromatic heterocycles. The summed E-state index contributed by atoms with van der Waals surface area (Å²) < 4.78 is 17.6. The molecule has 0 aliphatic carbocycles. The Morgan fingerprint density at radius 2 is 1.85 bits per heavy atom. The molecule has 2 rings (SSSR count). The van der Waals surface area contributed by atoms with Crippen molar-refractivity contribution >= 4 is 35.4 Å². The lowest BCUT2D eigenvalue weighted by molar-refractivity contribution is -0.109. The quantitative estimate of drug-likeness (QED) is 0.749. The molecule has 1 unspecified atom stereocenters. The standard InChI is InChI=1S/C16H12Cl2FNO3.C2H6O/c17-11-2-1-3-12(18)15(11)16(23)20-10(8-21)6-9-4-5-14(22)13(19)7-9;1-3-2/h1-5,7-8,10,22H,6H2,(H,20,23);1-2H3. The highest BCUT2D eigenvalue weighted by Crippen LogP contribution is 2.24. The van der Waals surface area contributed by atoms with Crippen LogP contribution in [0.15, 0.2) is 36.4 Å². The third-order valence-electron chi connectivity index (χ3n) is 3.14. The first-order chi connectivity index (χ1) is 12.3. The molecule has 0 bridgehead atoms. The fraction of sp³-hybridized carbons (Fsp3) is 0.222. The second-order valence-electron chi connectivity index (χ2n) is 5.21. The van der Waals surface area contributed by atoms with Crippen LogP contribution in [-0.4, -0.2) is 37.6 Å². The summed E-state index contributed by atoms with van der Waals surface area (Å²) in [5.41, 5.74) is 0.516. The Labute approximate surface area is 160 Å². The number of methoxy groups -OCH3 is 1. The number of rotatable bonds is 5. The van der Waals surface area contributed by atoms with E-state index in [1.165, 1.54) is 24.3 Å². The van der Waals surface area contributed by atoms with Gasteiger partial charge in [0.2, 0.25) is 0 Å². The second kappa shape index (κ2) is 10.8. The van der Waals surface area contributed by atoms with Crippen molar-refractivity contribution in [1.29, 1.82) is 0 Å². The minimum absolute atomic E-state index is 0.0640. The molecule has 0 spiro atoms. The third-order valence-corrected chi connectivity index (χ3v) is 3.77. The largest absolute Gasteiger partial charge is 0.505 e. The number of phenolic OH excluding ortho intramolecular Hbond substituents is 1. The van der Waals surface area contributed by atoms with E-state index in [0.717, 1.165) is 6.07 Å². The summed E-state index contributed by atoms with van der Waals surface area (Å²) in [5.74, 6) is -1.88. The molecule has 1 atom stereocenters. The Hall–Kier alpha value is -2.15. The van der Waals surface area contributed by atoms with Gasteiger partial charge in [-0.2, -0.15) is 0 Å². The molecule has 0 radical (unpaired) electrons. The van der Waals surface area contributed by atoms with E-state index in [4.69, 9.17) is 28.3 Å². The summed E-state index contributed by atoms with van der Waals surface area (Å²) in [5, 5.41) is 12.0. The van der Waals surface area contributed by atoms with Crippen LogP contribution in [0.2, 0.25) is 10.0 Å². The molecular weight excluding hydrogens is 384 g/mol. The highest BCUT2D eigenvalue weighted by atomic mass is 35.5. The predicted molar refractivity (Wildman–Crippen MR) is 98.5 cm³/mol. The lowest BCUT2D eigenvalue weighted by atomic mass is 10.1. The minimum atomic E-state index is -0.890. The van der Waals surface area contributed by atoms with E-state index in [0.29, 0.717) is 11.8 Å². The van der Waals surface area contributed by atoms with Crippen molar-refractivity contribution in [1.82, 2.24) is 5.32 Å². The average Bonchev–Trinajstić information content (AvgIpc) is 2.58. The lowest BCUT2D eigenvalue weighted by Crippen LogP contribution is -2.37.